The van der Waals surface area contributed by atoms with Crippen molar-refractivity contribution in [2.45, 2.75) is 65.1 Å². The Morgan fingerprint density at radius 2 is 1.79 bits per heavy atom. The van der Waals surface area contributed by atoms with Gasteiger partial charge in [-0.3, -0.25) is 14.6 Å². The normalized spacial score (nSPS) is 20.2. The highest BCUT2D eigenvalue weighted by atomic mass is 16.3. The van der Waals surface area contributed by atoms with Gasteiger partial charge in [0.2, 0.25) is 0 Å². The molecule has 3 rings (SSSR count). The standard InChI is InChI=1S/C22H33N3O3/c1-16(2)8-11-24-21(28)25(17(3)4)20(27)22(24)9-12-23(13-10-22)15-18-6-5-7-19(26)14-18/h5-7,14,16-17,26H,8-13,15H2,1-4H3. The Labute approximate surface area is 168 Å². The minimum atomic E-state index is -0.689. The number of piperidine rings is 1. The van der Waals surface area contributed by atoms with Crippen LogP contribution in [0.1, 0.15) is 52.5 Å². The molecule has 0 unspecified atom stereocenters. The minimum absolute atomic E-state index is 0.0201. The minimum Gasteiger partial charge on any atom is -0.508 e. The number of urea groups is 1. The van der Waals surface area contributed by atoms with E-state index in [1.807, 2.05) is 30.9 Å². The maximum absolute atomic E-state index is 13.3. The molecule has 28 heavy (non-hydrogen) atoms. The monoisotopic (exact) mass is 387 g/mol. The van der Waals surface area contributed by atoms with Gasteiger partial charge in [-0.2, -0.15) is 0 Å². The molecule has 1 N–H and O–H groups in total. The molecule has 0 bridgehead atoms. The quantitative estimate of drug-likeness (QED) is 0.760. The Balaban J connectivity index is 1.75. The average molecular weight is 388 g/mol. The highest BCUT2D eigenvalue weighted by Crippen LogP contribution is 2.39. The molecule has 1 spiro atoms. The Kier molecular flexibility index (Phi) is 5.98. The number of likely N-dealkylation sites (tertiary alicyclic amines) is 1. The molecular formula is C22H33N3O3. The summed E-state index contributed by atoms with van der Waals surface area (Å²) in [7, 11) is 0. The molecule has 0 atom stereocenters. The number of amides is 3. The molecule has 154 valence electrons. The second kappa shape index (κ2) is 8.11. The van der Waals surface area contributed by atoms with Gasteiger partial charge in [-0.25, -0.2) is 4.79 Å². The van der Waals surface area contributed by atoms with E-state index in [9.17, 15) is 14.7 Å². The van der Waals surface area contributed by atoms with Gasteiger partial charge in [0.15, 0.2) is 0 Å². The largest absolute Gasteiger partial charge is 0.508 e. The van der Waals surface area contributed by atoms with Crippen molar-refractivity contribution in [2.24, 2.45) is 5.92 Å². The van der Waals surface area contributed by atoms with Crippen LogP contribution in [0.25, 0.3) is 0 Å². The van der Waals surface area contributed by atoms with E-state index in [2.05, 4.69) is 18.7 Å². The Bertz CT molecular complexity index is 723. The molecule has 0 aromatic heterocycles. The number of nitrogens with zero attached hydrogens (tertiary/aromatic N) is 3. The van der Waals surface area contributed by atoms with Crippen LogP contribution in [0.5, 0.6) is 5.75 Å². The van der Waals surface area contributed by atoms with Gasteiger partial charge in [-0.1, -0.05) is 26.0 Å². The van der Waals surface area contributed by atoms with Crippen LogP contribution < -0.4 is 0 Å². The van der Waals surface area contributed by atoms with E-state index in [-0.39, 0.29) is 23.7 Å². The van der Waals surface area contributed by atoms with E-state index < -0.39 is 5.54 Å². The molecule has 0 saturated carbocycles. The van der Waals surface area contributed by atoms with Gasteiger partial charge >= 0.3 is 6.03 Å². The number of rotatable bonds is 6. The summed E-state index contributed by atoms with van der Waals surface area (Å²) in [5.74, 6) is 0.738. The van der Waals surface area contributed by atoms with Crippen LogP contribution in [-0.2, 0) is 11.3 Å². The number of phenols is 1. The van der Waals surface area contributed by atoms with Crippen LogP contribution in [0, 0.1) is 5.92 Å². The maximum Gasteiger partial charge on any atom is 0.327 e. The number of imide groups is 1. The summed E-state index contributed by atoms with van der Waals surface area (Å²) in [5, 5.41) is 9.68. The van der Waals surface area contributed by atoms with Crippen LogP contribution in [0.4, 0.5) is 4.79 Å². The number of aromatic hydroxyl groups is 1. The SMILES string of the molecule is CC(C)CCN1C(=O)N(C(C)C)C(=O)C12CCN(Cc1cccc(O)c1)CC2. The number of phenolic OH excluding ortho intramolecular Hbond substituents is 1. The fourth-order valence-corrected chi connectivity index (χ4v) is 4.37. The molecule has 2 fully saturated rings. The summed E-state index contributed by atoms with van der Waals surface area (Å²) in [6.45, 7) is 11.0. The second-order valence-corrected chi connectivity index (χ2v) is 8.86. The zero-order chi connectivity index (χ0) is 20.5. The highest BCUT2D eigenvalue weighted by molar-refractivity contribution is 6.07. The van der Waals surface area contributed by atoms with Gasteiger partial charge in [0.25, 0.3) is 5.91 Å². The van der Waals surface area contributed by atoms with E-state index >= 15 is 0 Å². The molecular weight excluding hydrogens is 354 g/mol. The Morgan fingerprint density at radius 1 is 1.11 bits per heavy atom. The molecule has 3 amide bonds. The first-order chi connectivity index (χ1) is 13.2. The van der Waals surface area contributed by atoms with Gasteiger partial charge < -0.3 is 10.0 Å². The van der Waals surface area contributed by atoms with E-state index in [1.165, 1.54) is 4.90 Å². The van der Waals surface area contributed by atoms with Crippen LogP contribution in [0.2, 0.25) is 0 Å². The first kappa shape index (κ1) is 20.6. The van der Waals surface area contributed by atoms with Crippen molar-refractivity contribution in [3.8, 4) is 5.75 Å². The topological polar surface area (TPSA) is 64.1 Å². The average Bonchev–Trinajstić information content (AvgIpc) is 2.82. The highest BCUT2D eigenvalue weighted by Gasteiger charge is 2.58. The Morgan fingerprint density at radius 3 is 2.36 bits per heavy atom. The van der Waals surface area contributed by atoms with Crippen molar-refractivity contribution in [3.63, 3.8) is 0 Å². The fourth-order valence-electron chi connectivity index (χ4n) is 4.37. The van der Waals surface area contributed by atoms with Crippen molar-refractivity contribution < 1.29 is 14.7 Å². The molecule has 2 aliphatic heterocycles. The molecule has 0 radical (unpaired) electrons. The third kappa shape index (κ3) is 3.88. The summed E-state index contributed by atoms with van der Waals surface area (Å²) in [4.78, 5) is 32.0. The summed E-state index contributed by atoms with van der Waals surface area (Å²) in [5.41, 5.74) is 0.371. The third-order valence-electron chi connectivity index (χ3n) is 6.02. The van der Waals surface area contributed by atoms with Gasteiger partial charge in [-0.05, 0) is 56.7 Å². The fraction of sp³-hybridized carbons (Fsp3) is 0.636. The van der Waals surface area contributed by atoms with E-state index in [0.29, 0.717) is 25.3 Å². The summed E-state index contributed by atoms with van der Waals surface area (Å²) in [6.07, 6.45) is 2.23. The van der Waals surface area contributed by atoms with Crippen molar-refractivity contribution in [1.29, 1.82) is 0 Å². The van der Waals surface area contributed by atoms with Crippen molar-refractivity contribution in [1.82, 2.24) is 14.7 Å². The lowest BCUT2D eigenvalue weighted by Gasteiger charge is -2.42. The molecule has 6 heteroatoms. The molecule has 0 aliphatic carbocycles. The summed E-state index contributed by atoms with van der Waals surface area (Å²) >= 11 is 0. The molecule has 2 aliphatic rings. The number of carbonyl (C=O) groups is 2. The lowest BCUT2D eigenvalue weighted by Crippen LogP contribution is -2.56. The lowest BCUT2D eigenvalue weighted by molar-refractivity contribution is -0.136. The zero-order valence-electron chi connectivity index (χ0n) is 17.5. The van der Waals surface area contributed by atoms with E-state index in [0.717, 1.165) is 31.6 Å². The molecule has 2 saturated heterocycles. The smallest absolute Gasteiger partial charge is 0.327 e. The predicted molar refractivity (Wildman–Crippen MR) is 109 cm³/mol. The molecule has 1 aromatic carbocycles. The van der Waals surface area contributed by atoms with Crippen LogP contribution in [0.3, 0.4) is 0 Å². The first-order valence-corrected chi connectivity index (χ1v) is 10.4. The van der Waals surface area contributed by atoms with Gasteiger partial charge in [0.05, 0.1) is 0 Å². The molecule has 1 aromatic rings. The number of carbonyl (C=O) groups excluding carboxylic acids is 2. The van der Waals surface area contributed by atoms with Gasteiger partial charge in [0.1, 0.15) is 11.3 Å². The second-order valence-electron chi connectivity index (χ2n) is 8.86. The molecule has 2 heterocycles. The lowest BCUT2D eigenvalue weighted by atomic mass is 9.85. The van der Waals surface area contributed by atoms with E-state index in [4.69, 9.17) is 0 Å². The van der Waals surface area contributed by atoms with Crippen molar-refractivity contribution in [2.75, 3.05) is 19.6 Å². The third-order valence-corrected chi connectivity index (χ3v) is 6.02. The van der Waals surface area contributed by atoms with Crippen LogP contribution in [-0.4, -0.2) is 63.0 Å². The molecule has 6 nitrogen and oxygen atoms in total. The van der Waals surface area contributed by atoms with Crippen molar-refractivity contribution in [3.05, 3.63) is 29.8 Å². The maximum atomic E-state index is 13.3. The zero-order valence-corrected chi connectivity index (χ0v) is 17.5. The number of hydrogen-bond donors (Lipinski definition) is 1. The summed E-state index contributed by atoms with van der Waals surface area (Å²) < 4.78 is 0. The van der Waals surface area contributed by atoms with Crippen LogP contribution in [0.15, 0.2) is 24.3 Å². The predicted octanol–water partition coefficient (Wildman–Crippen LogP) is 3.45. The Hall–Kier alpha value is -2.08. The van der Waals surface area contributed by atoms with Crippen molar-refractivity contribution >= 4 is 11.9 Å². The van der Waals surface area contributed by atoms with Gasteiger partial charge in [-0.15, -0.1) is 0 Å². The number of benzene rings is 1. The van der Waals surface area contributed by atoms with E-state index in [1.54, 1.807) is 12.1 Å². The van der Waals surface area contributed by atoms with Crippen LogP contribution >= 0.6 is 0 Å². The summed E-state index contributed by atoms with van der Waals surface area (Å²) in [6, 6.07) is 7.07. The number of hydrogen-bond acceptors (Lipinski definition) is 4. The van der Waals surface area contributed by atoms with Gasteiger partial charge in [0, 0.05) is 32.2 Å². The first-order valence-electron chi connectivity index (χ1n) is 10.4.